The lowest BCUT2D eigenvalue weighted by Crippen LogP contribution is -2.16. The molecule has 1 heterocycles. The van der Waals surface area contributed by atoms with Crippen molar-refractivity contribution in [2.75, 3.05) is 6.54 Å². The Labute approximate surface area is 117 Å². The van der Waals surface area contributed by atoms with Gasteiger partial charge in [-0.05, 0) is 36.2 Å². The Morgan fingerprint density at radius 2 is 1.94 bits per heavy atom. The molecule has 0 saturated carbocycles. The van der Waals surface area contributed by atoms with Crippen LogP contribution < -0.4 is 5.73 Å². The van der Waals surface area contributed by atoms with Crippen LogP contribution in [0.3, 0.4) is 0 Å². The molecule has 0 bridgehead atoms. The molecule has 4 heteroatoms. The molecule has 2 rings (SSSR count). The number of nitrogens with zero attached hydrogens (tertiary/aromatic N) is 1. The lowest BCUT2D eigenvalue weighted by molar-refractivity contribution is 0.672. The summed E-state index contributed by atoms with van der Waals surface area (Å²) in [4.78, 5) is 4.35. The van der Waals surface area contributed by atoms with Gasteiger partial charge < -0.3 is 5.73 Å². The van der Waals surface area contributed by atoms with Crippen LogP contribution in [0.25, 0.3) is 0 Å². The molecule has 1 aromatic heterocycles. The summed E-state index contributed by atoms with van der Waals surface area (Å²) in [6, 6.07) is 11.5. The van der Waals surface area contributed by atoms with E-state index in [1.807, 2.05) is 36.4 Å². The van der Waals surface area contributed by atoms with Crippen LogP contribution in [-0.4, -0.2) is 11.5 Å². The highest BCUT2D eigenvalue weighted by Crippen LogP contribution is 2.25. The second kappa shape index (κ2) is 6.19. The molecular weight excluding hydrogens is 267 g/mol. The van der Waals surface area contributed by atoms with Crippen molar-refractivity contribution in [2.45, 2.75) is 12.3 Å². The van der Waals surface area contributed by atoms with Gasteiger partial charge in [-0.3, -0.25) is 4.98 Å². The molecule has 1 atom stereocenters. The summed E-state index contributed by atoms with van der Waals surface area (Å²) in [6.07, 6.45) is 2.59. The van der Waals surface area contributed by atoms with Gasteiger partial charge in [0.05, 0.1) is 10.0 Å². The first-order chi connectivity index (χ1) is 8.70. The number of hydrogen-bond acceptors (Lipinski definition) is 2. The van der Waals surface area contributed by atoms with E-state index in [2.05, 4.69) is 4.98 Å². The van der Waals surface area contributed by atoms with Gasteiger partial charge >= 0.3 is 0 Å². The van der Waals surface area contributed by atoms with Crippen LogP contribution in [0.5, 0.6) is 0 Å². The van der Waals surface area contributed by atoms with Crippen molar-refractivity contribution in [1.82, 2.24) is 4.98 Å². The van der Waals surface area contributed by atoms with Crippen molar-refractivity contribution in [2.24, 2.45) is 5.73 Å². The average molecular weight is 281 g/mol. The van der Waals surface area contributed by atoms with E-state index in [1.54, 1.807) is 6.20 Å². The van der Waals surface area contributed by atoms with Crippen LogP contribution in [0.1, 0.15) is 17.2 Å². The average Bonchev–Trinajstić information content (AvgIpc) is 2.41. The Morgan fingerprint density at radius 3 is 2.56 bits per heavy atom. The third kappa shape index (κ3) is 3.22. The first-order valence-corrected chi connectivity index (χ1v) is 6.51. The van der Waals surface area contributed by atoms with E-state index in [0.717, 1.165) is 17.7 Å². The molecule has 0 saturated heterocycles. The van der Waals surface area contributed by atoms with E-state index in [0.29, 0.717) is 16.6 Å². The van der Waals surface area contributed by atoms with Gasteiger partial charge in [0.15, 0.2) is 0 Å². The van der Waals surface area contributed by atoms with Gasteiger partial charge in [0, 0.05) is 24.4 Å². The Bertz CT molecular complexity index is 514. The summed E-state index contributed by atoms with van der Waals surface area (Å²) in [5.74, 6) is 0.198. The molecule has 1 unspecified atom stereocenters. The number of aromatic nitrogens is 1. The highest BCUT2D eigenvalue weighted by molar-refractivity contribution is 6.42. The van der Waals surface area contributed by atoms with Gasteiger partial charge in [-0.2, -0.15) is 0 Å². The minimum Gasteiger partial charge on any atom is -0.330 e. The van der Waals surface area contributed by atoms with E-state index >= 15 is 0 Å². The first-order valence-electron chi connectivity index (χ1n) is 5.75. The van der Waals surface area contributed by atoms with Crippen molar-refractivity contribution in [3.63, 3.8) is 0 Å². The Morgan fingerprint density at radius 1 is 1.11 bits per heavy atom. The lowest BCUT2D eigenvalue weighted by atomic mass is 9.96. The SMILES string of the molecule is NCC(Cc1ccc(Cl)c(Cl)c1)c1ccccn1. The van der Waals surface area contributed by atoms with Gasteiger partial charge in [0.2, 0.25) is 0 Å². The molecule has 2 aromatic rings. The molecule has 0 aliphatic carbocycles. The molecule has 2 N–H and O–H groups in total. The summed E-state index contributed by atoms with van der Waals surface area (Å²) in [5, 5.41) is 1.15. The predicted octanol–water partition coefficient (Wildman–Crippen LogP) is 3.67. The molecule has 0 spiro atoms. The Kier molecular flexibility index (Phi) is 4.59. The number of benzene rings is 1. The van der Waals surface area contributed by atoms with E-state index in [-0.39, 0.29) is 5.92 Å². The topological polar surface area (TPSA) is 38.9 Å². The van der Waals surface area contributed by atoms with Crippen LogP contribution in [0.4, 0.5) is 0 Å². The second-order valence-electron chi connectivity index (χ2n) is 4.14. The van der Waals surface area contributed by atoms with E-state index < -0.39 is 0 Å². The zero-order valence-corrected chi connectivity index (χ0v) is 11.3. The van der Waals surface area contributed by atoms with Crippen molar-refractivity contribution < 1.29 is 0 Å². The molecule has 1 aromatic carbocycles. The van der Waals surface area contributed by atoms with Crippen LogP contribution in [-0.2, 0) is 6.42 Å². The maximum atomic E-state index is 6.01. The smallest absolute Gasteiger partial charge is 0.0595 e. The fraction of sp³-hybridized carbons (Fsp3) is 0.214. The third-order valence-corrected chi connectivity index (χ3v) is 3.60. The highest BCUT2D eigenvalue weighted by Gasteiger charge is 2.12. The normalized spacial score (nSPS) is 12.4. The van der Waals surface area contributed by atoms with Crippen molar-refractivity contribution in [1.29, 1.82) is 0 Å². The largest absolute Gasteiger partial charge is 0.330 e. The van der Waals surface area contributed by atoms with E-state index in [1.165, 1.54) is 0 Å². The number of hydrogen-bond donors (Lipinski definition) is 1. The second-order valence-corrected chi connectivity index (χ2v) is 4.95. The van der Waals surface area contributed by atoms with Gasteiger partial charge in [-0.25, -0.2) is 0 Å². The lowest BCUT2D eigenvalue weighted by Gasteiger charge is -2.14. The molecule has 0 radical (unpaired) electrons. The van der Waals surface area contributed by atoms with Gasteiger partial charge in [-0.1, -0.05) is 35.3 Å². The summed E-state index contributed by atoms with van der Waals surface area (Å²) in [7, 11) is 0. The van der Waals surface area contributed by atoms with E-state index in [9.17, 15) is 0 Å². The monoisotopic (exact) mass is 280 g/mol. The van der Waals surface area contributed by atoms with Crippen LogP contribution in [0.2, 0.25) is 10.0 Å². The molecule has 0 aliphatic heterocycles. The first kappa shape index (κ1) is 13.3. The van der Waals surface area contributed by atoms with Crippen molar-refractivity contribution >= 4 is 23.2 Å². The van der Waals surface area contributed by atoms with Crippen LogP contribution in [0.15, 0.2) is 42.6 Å². The summed E-state index contributed by atoms with van der Waals surface area (Å²) >= 11 is 11.9. The summed E-state index contributed by atoms with van der Waals surface area (Å²) < 4.78 is 0. The summed E-state index contributed by atoms with van der Waals surface area (Å²) in [6.45, 7) is 0.553. The predicted molar refractivity (Wildman–Crippen MR) is 76.2 cm³/mol. The Balaban J connectivity index is 2.18. The zero-order chi connectivity index (χ0) is 13.0. The maximum absolute atomic E-state index is 6.01. The standard InChI is InChI=1S/C14H14Cl2N2/c15-12-5-4-10(8-13(12)16)7-11(9-17)14-3-1-2-6-18-14/h1-6,8,11H,7,9,17H2. The number of pyridine rings is 1. The molecule has 0 amide bonds. The minimum absolute atomic E-state index is 0.198. The zero-order valence-electron chi connectivity index (χ0n) is 9.81. The minimum atomic E-state index is 0.198. The number of rotatable bonds is 4. The molecule has 0 fully saturated rings. The molecule has 0 aliphatic rings. The van der Waals surface area contributed by atoms with Gasteiger partial charge in [0.1, 0.15) is 0 Å². The molecular formula is C14H14Cl2N2. The molecule has 2 nitrogen and oxygen atoms in total. The van der Waals surface area contributed by atoms with Crippen LogP contribution in [0, 0.1) is 0 Å². The third-order valence-electron chi connectivity index (χ3n) is 2.86. The van der Waals surface area contributed by atoms with E-state index in [4.69, 9.17) is 28.9 Å². The maximum Gasteiger partial charge on any atom is 0.0595 e. The summed E-state index contributed by atoms with van der Waals surface area (Å²) in [5.41, 5.74) is 7.94. The van der Waals surface area contributed by atoms with Crippen LogP contribution >= 0.6 is 23.2 Å². The quantitative estimate of drug-likeness (QED) is 0.928. The fourth-order valence-corrected chi connectivity index (χ4v) is 2.20. The Hall–Kier alpha value is -1.09. The van der Waals surface area contributed by atoms with Crippen molar-refractivity contribution in [3.8, 4) is 0 Å². The number of nitrogens with two attached hydrogens (primary N) is 1. The van der Waals surface area contributed by atoms with Crippen molar-refractivity contribution in [3.05, 3.63) is 63.9 Å². The molecule has 94 valence electrons. The van der Waals surface area contributed by atoms with Gasteiger partial charge in [0.25, 0.3) is 0 Å². The fourth-order valence-electron chi connectivity index (χ4n) is 1.88. The number of halogens is 2. The van der Waals surface area contributed by atoms with Gasteiger partial charge in [-0.15, -0.1) is 0 Å². The molecule has 18 heavy (non-hydrogen) atoms. The highest BCUT2D eigenvalue weighted by atomic mass is 35.5.